The van der Waals surface area contributed by atoms with Crippen molar-refractivity contribution in [1.29, 1.82) is 0 Å². The van der Waals surface area contributed by atoms with Crippen LogP contribution in [0.4, 0.5) is 17.5 Å². The van der Waals surface area contributed by atoms with Gasteiger partial charge in [-0.1, -0.05) is 12.8 Å². The Morgan fingerprint density at radius 3 is 2.58 bits per heavy atom. The Hall–Kier alpha value is -2.68. The van der Waals surface area contributed by atoms with E-state index in [1.807, 2.05) is 19.1 Å². The second-order valence-corrected chi connectivity index (χ2v) is 10.0. The molecule has 2 aliphatic heterocycles. The summed E-state index contributed by atoms with van der Waals surface area (Å²) in [5, 5.41) is 10.6. The van der Waals surface area contributed by atoms with Crippen molar-refractivity contribution in [3.63, 3.8) is 0 Å². The molecule has 2 aromatic heterocycles. The molecule has 1 aliphatic carbocycles. The maximum Gasteiger partial charge on any atom is 0.225 e. The number of anilines is 3. The molecule has 3 aliphatic rings. The number of aromatic amines is 1. The van der Waals surface area contributed by atoms with Crippen LogP contribution in [0.1, 0.15) is 43.6 Å². The van der Waals surface area contributed by atoms with Crippen molar-refractivity contribution in [3.8, 4) is 0 Å². The fourth-order valence-electron chi connectivity index (χ4n) is 5.34. The minimum Gasteiger partial charge on any atom is -0.354 e. The Kier molecular flexibility index (Phi) is 6.48. The van der Waals surface area contributed by atoms with E-state index >= 15 is 0 Å². The van der Waals surface area contributed by atoms with Crippen molar-refractivity contribution in [2.75, 3.05) is 56.5 Å². The smallest absolute Gasteiger partial charge is 0.225 e. The number of rotatable bonds is 6. The molecule has 2 saturated heterocycles. The van der Waals surface area contributed by atoms with Crippen LogP contribution in [0, 0.1) is 18.8 Å². The quantitative estimate of drug-likeness (QED) is 0.696. The highest BCUT2D eigenvalue weighted by molar-refractivity contribution is 5.79. The van der Waals surface area contributed by atoms with E-state index in [1.54, 1.807) is 0 Å². The van der Waals surface area contributed by atoms with Crippen molar-refractivity contribution in [1.82, 2.24) is 30.0 Å². The number of aromatic nitrogens is 4. The van der Waals surface area contributed by atoms with Crippen molar-refractivity contribution < 1.29 is 4.79 Å². The van der Waals surface area contributed by atoms with Crippen molar-refractivity contribution in [3.05, 3.63) is 23.7 Å². The summed E-state index contributed by atoms with van der Waals surface area (Å²) < 4.78 is 0. The first-order valence-corrected chi connectivity index (χ1v) is 12.4. The van der Waals surface area contributed by atoms with Crippen LogP contribution in [0.25, 0.3) is 0 Å². The zero-order valence-corrected chi connectivity index (χ0v) is 19.9. The summed E-state index contributed by atoms with van der Waals surface area (Å²) in [6, 6.07) is 4.00. The molecule has 178 valence electrons. The zero-order valence-electron chi connectivity index (χ0n) is 19.9. The molecule has 1 saturated carbocycles. The van der Waals surface area contributed by atoms with Gasteiger partial charge in [-0.25, -0.2) is 9.97 Å². The molecule has 4 heterocycles. The normalized spacial score (nSPS) is 22.3. The molecule has 2 N–H and O–H groups in total. The number of aryl methyl sites for hydroxylation is 1. The lowest BCUT2D eigenvalue weighted by atomic mass is 10.0. The number of carbonyl (C=O) groups is 1. The minimum absolute atomic E-state index is 0.258. The Labute approximate surface area is 196 Å². The van der Waals surface area contributed by atoms with Crippen LogP contribution < -0.4 is 10.2 Å². The van der Waals surface area contributed by atoms with E-state index in [0.29, 0.717) is 11.8 Å². The predicted octanol–water partition coefficient (Wildman–Crippen LogP) is 2.58. The maximum atomic E-state index is 12.9. The molecule has 1 amide bonds. The summed E-state index contributed by atoms with van der Waals surface area (Å²) in [7, 11) is 2.16. The van der Waals surface area contributed by atoms with Crippen LogP contribution in [-0.4, -0.2) is 82.2 Å². The lowest BCUT2D eigenvalue weighted by Crippen LogP contribution is -2.45. The fraction of sp³-hybridized carbons (Fsp3) is 0.667. The molecule has 3 fully saturated rings. The van der Waals surface area contributed by atoms with Gasteiger partial charge in [0.25, 0.3) is 0 Å². The molecule has 0 spiro atoms. The average Bonchev–Trinajstić information content (AvgIpc) is 3.57. The van der Waals surface area contributed by atoms with Gasteiger partial charge >= 0.3 is 0 Å². The number of nitrogens with zero attached hydrogens (tertiary/aromatic N) is 6. The van der Waals surface area contributed by atoms with Gasteiger partial charge < -0.3 is 20.0 Å². The number of piperazine rings is 1. The number of hydrogen-bond acceptors (Lipinski definition) is 7. The van der Waals surface area contributed by atoms with Crippen LogP contribution in [0.2, 0.25) is 0 Å². The highest BCUT2D eigenvalue weighted by Gasteiger charge is 2.32. The molecule has 2 aromatic rings. The van der Waals surface area contributed by atoms with E-state index in [0.717, 1.165) is 93.9 Å². The molecule has 1 unspecified atom stereocenters. The zero-order chi connectivity index (χ0) is 22.8. The largest absolute Gasteiger partial charge is 0.354 e. The van der Waals surface area contributed by atoms with Crippen molar-refractivity contribution in [2.45, 2.75) is 45.4 Å². The van der Waals surface area contributed by atoms with Crippen LogP contribution in [0.5, 0.6) is 0 Å². The molecule has 5 rings (SSSR count). The fourth-order valence-corrected chi connectivity index (χ4v) is 5.34. The van der Waals surface area contributed by atoms with Gasteiger partial charge in [0, 0.05) is 69.4 Å². The van der Waals surface area contributed by atoms with E-state index in [2.05, 4.69) is 37.3 Å². The number of carbonyl (C=O) groups excluding carboxylic acids is 1. The SMILES string of the molecule is Cc1cc(Nc2cc(N3CCN(C)CC3)nc(CC3CCN(C(=O)C4CCCC4)C3)n2)n[nH]1. The number of likely N-dealkylation sites (N-methyl/N-ethyl adjacent to an activating group) is 1. The van der Waals surface area contributed by atoms with E-state index in [-0.39, 0.29) is 5.92 Å². The minimum atomic E-state index is 0.258. The second-order valence-electron chi connectivity index (χ2n) is 10.0. The summed E-state index contributed by atoms with van der Waals surface area (Å²) in [4.78, 5) is 29.4. The number of likely N-dealkylation sites (tertiary alicyclic amines) is 1. The van der Waals surface area contributed by atoms with E-state index in [9.17, 15) is 4.79 Å². The average molecular weight is 453 g/mol. The predicted molar refractivity (Wildman–Crippen MR) is 129 cm³/mol. The maximum absolute atomic E-state index is 12.9. The monoisotopic (exact) mass is 452 g/mol. The molecule has 9 nitrogen and oxygen atoms in total. The number of hydrogen-bond donors (Lipinski definition) is 2. The number of amides is 1. The van der Waals surface area contributed by atoms with Gasteiger partial charge in [0.1, 0.15) is 17.5 Å². The first kappa shape index (κ1) is 22.1. The third kappa shape index (κ3) is 5.29. The molecule has 1 atom stereocenters. The van der Waals surface area contributed by atoms with Gasteiger partial charge in [-0.2, -0.15) is 5.10 Å². The highest BCUT2D eigenvalue weighted by atomic mass is 16.2. The standard InChI is InChI=1S/C24H36N8O/c1-17-13-22(29-28-17)26-21-15-23(31-11-9-30(2)10-12-31)27-20(25-21)14-18-7-8-32(16-18)24(33)19-5-3-4-6-19/h13,15,18-19H,3-12,14,16H2,1-2H3,(H2,25,26,27,28,29). The van der Waals surface area contributed by atoms with Crippen LogP contribution in [-0.2, 0) is 11.2 Å². The van der Waals surface area contributed by atoms with Gasteiger partial charge in [0.15, 0.2) is 5.82 Å². The second kappa shape index (κ2) is 9.67. The summed E-state index contributed by atoms with van der Waals surface area (Å²) in [5.41, 5.74) is 1.00. The molecule has 9 heteroatoms. The first-order valence-electron chi connectivity index (χ1n) is 12.4. The van der Waals surface area contributed by atoms with E-state index in [1.165, 1.54) is 12.8 Å². The highest BCUT2D eigenvalue weighted by Crippen LogP contribution is 2.30. The molecule has 0 radical (unpaired) electrons. The molecular weight excluding hydrogens is 416 g/mol. The van der Waals surface area contributed by atoms with Gasteiger partial charge in [-0.15, -0.1) is 0 Å². The van der Waals surface area contributed by atoms with Crippen LogP contribution in [0.15, 0.2) is 12.1 Å². The van der Waals surface area contributed by atoms with E-state index < -0.39 is 0 Å². The van der Waals surface area contributed by atoms with E-state index in [4.69, 9.17) is 9.97 Å². The summed E-state index contributed by atoms with van der Waals surface area (Å²) in [6.07, 6.45) is 6.36. The first-order chi connectivity index (χ1) is 16.0. The molecule has 0 bridgehead atoms. The number of nitrogens with one attached hydrogen (secondary N) is 2. The van der Waals surface area contributed by atoms with Crippen molar-refractivity contribution in [2.24, 2.45) is 11.8 Å². The molecule has 33 heavy (non-hydrogen) atoms. The summed E-state index contributed by atoms with van der Waals surface area (Å²) in [6.45, 7) is 7.66. The summed E-state index contributed by atoms with van der Waals surface area (Å²) in [5.74, 6) is 4.40. The molecule has 0 aromatic carbocycles. The van der Waals surface area contributed by atoms with Crippen molar-refractivity contribution >= 4 is 23.4 Å². The van der Waals surface area contributed by atoms with Gasteiger partial charge in [-0.05, 0) is 39.2 Å². The van der Waals surface area contributed by atoms with Crippen LogP contribution in [0.3, 0.4) is 0 Å². The lowest BCUT2D eigenvalue weighted by molar-refractivity contribution is -0.134. The number of H-pyrrole nitrogens is 1. The Bertz CT molecular complexity index is 961. The van der Waals surface area contributed by atoms with Crippen LogP contribution >= 0.6 is 0 Å². The Morgan fingerprint density at radius 2 is 1.85 bits per heavy atom. The summed E-state index contributed by atoms with van der Waals surface area (Å²) >= 11 is 0. The third-order valence-electron chi connectivity index (χ3n) is 7.32. The van der Waals surface area contributed by atoms with Gasteiger partial charge in [-0.3, -0.25) is 9.89 Å². The van der Waals surface area contributed by atoms with Gasteiger partial charge in [0.2, 0.25) is 5.91 Å². The van der Waals surface area contributed by atoms with Gasteiger partial charge in [0.05, 0.1) is 0 Å². The Balaban J connectivity index is 1.30. The topological polar surface area (TPSA) is 93.3 Å². The lowest BCUT2D eigenvalue weighted by Gasteiger charge is -2.33. The molecular formula is C24H36N8O. The third-order valence-corrected chi connectivity index (χ3v) is 7.32. The Morgan fingerprint density at radius 1 is 1.06 bits per heavy atom.